The maximum Gasteiger partial charge on any atom is 0.326 e. The minimum Gasteiger partial charge on any atom is -0.480 e. The number of aliphatic hydroxyl groups is 6. The van der Waals surface area contributed by atoms with E-state index < -0.39 is 67.6 Å². The Labute approximate surface area is 196 Å². The molecule has 0 aromatic heterocycles. The lowest BCUT2D eigenvalue weighted by Gasteiger charge is -2.28. The number of unbranched alkanes of at least 4 members (excludes halogenated alkanes) is 1. The van der Waals surface area contributed by atoms with Crippen molar-refractivity contribution < 1.29 is 50.1 Å². The summed E-state index contributed by atoms with van der Waals surface area (Å²) >= 11 is 0. The maximum absolute atomic E-state index is 12.0. The quantitative estimate of drug-likeness (QED) is 0.0812. The molecule has 1 unspecified atom stereocenters. The van der Waals surface area contributed by atoms with Crippen molar-refractivity contribution >= 4 is 17.8 Å². The van der Waals surface area contributed by atoms with Crippen LogP contribution >= 0.6 is 0 Å². The first-order chi connectivity index (χ1) is 16.1. The predicted octanol–water partition coefficient (Wildman–Crippen LogP) is -3.50. The van der Waals surface area contributed by atoms with Crippen LogP contribution < -0.4 is 16.0 Å². The monoisotopic (exact) mass is 487 g/mol. The van der Waals surface area contributed by atoms with Crippen LogP contribution in [0.5, 0.6) is 0 Å². The Kier molecular flexibility index (Phi) is 13.2. The number of carbonyl (C=O) groups is 3. The molecule has 2 amide bonds. The normalized spacial score (nSPS) is 16.5. The van der Waals surface area contributed by atoms with E-state index >= 15 is 0 Å². The first-order valence-corrected chi connectivity index (χ1v) is 10.7. The number of aliphatic hydroxyl groups excluding tert-OH is 6. The molecular weight excluding hydrogens is 454 g/mol. The van der Waals surface area contributed by atoms with Gasteiger partial charge in [-0.2, -0.15) is 0 Å². The van der Waals surface area contributed by atoms with E-state index in [4.69, 9.17) is 5.11 Å². The van der Waals surface area contributed by atoms with Gasteiger partial charge in [-0.15, -0.1) is 0 Å². The molecule has 1 aromatic carbocycles. The highest BCUT2D eigenvalue weighted by atomic mass is 16.4. The number of amides is 2. The van der Waals surface area contributed by atoms with Crippen LogP contribution in [0, 0.1) is 0 Å². The van der Waals surface area contributed by atoms with Crippen molar-refractivity contribution in [1.29, 1.82) is 0 Å². The second kappa shape index (κ2) is 15.3. The molecule has 1 aromatic rings. The van der Waals surface area contributed by atoms with E-state index in [1.165, 1.54) is 0 Å². The van der Waals surface area contributed by atoms with E-state index in [-0.39, 0.29) is 13.0 Å². The number of hydrogen-bond acceptors (Lipinski definition) is 10. The van der Waals surface area contributed by atoms with Crippen molar-refractivity contribution in [2.45, 2.75) is 55.9 Å². The van der Waals surface area contributed by atoms with Gasteiger partial charge in [0.25, 0.3) is 5.91 Å². The van der Waals surface area contributed by atoms with Crippen LogP contribution in [-0.4, -0.2) is 110 Å². The molecule has 0 aliphatic carbocycles. The number of benzene rings is 1. The van der Waals surface area contributed by atoms with Crippen molar-refractivity contribution in [3.05, 3.63) is 35.9 Å². The highest BCUT2D eigenvalue weighted by molar-refractivity contribution is 5.96. The van der Waals surface area contributed by atoms with Gasteiger partial charge in [-0.1, -0.05) is 18.2 Å². The summed E-state index contributed by atoms with van der Waals surface area (Å²) < 4.78 is 0. The van der Waals surface area contributed by atoms with Gasteiger partial charge >= 0.3 is 5.97 Å². The van der Waals surface area contributed by atoms with Crippen LogP contribution in [0.4, 0.5) is 0 Å². The van der Waals surface area contributed by atoms with Gasteiger partial charge in [0.15, 0.2) is 0 Å². The highest BCUT2D eigenvalue weighted by Crippen LogP contribution is 2.08. The molecule has 0 aliphatic heterocycles. The van der Waals surface area contributed by atoms with Crippen LogP contribution in [-0.2, 0) is 9.59 Å². The summed E-state index contributed by atoms with van der Waals surface area (Å²) in [6, 6.07) is 7.00. The lowest BCUT2D eigenvalue weighted by Crippen LogP contribution is -2.53. The molecule has 0 fully saturated rings. The zero-order valence-electron chi connectivity index (χ0n) is 18.4. The summed E-state index contributed by atoms with van der Waals surface area (Å²) in [6.07, 6.45) is -8.37. The van der Waals surface area contributed by atoms with Crippen molar-refractivity contribution in [3.63, 3.8) is 0 Å². The molecule has 0 heterocycles. The molecule has 0 radical (unpaired) electrons. The summed E-state index contributed by atoms with van der Waals surface area (Å²) in [5, 5.41) is 73.4. The Hall–Kier alpha value is -2.65. The molecule has 0 saturated heterocycles. The van der Waals surface area contributed by atoms with E-state index in [9.17, 15) is 45.0 Å². The van der Waals surface area contributed by atoms with Gasteiger partial charge in [-0.05, 0) is 37.9 Å². The van der Waals surface area contributed by atoms with Crippen molar-refractivity contribution in [2.24, 2.45) is 0 Å². The van der Waals surface area contributed by atoms with Gasteiger partial charge in [0.2, 0.25) is 5.91 Å². The summed E-state index contributed by atoms with van der Waals surface area (Å²) in [4.78, 5) is 35.3. The van der Waals surface area contributed by atoms with E-state index in [0.29, 0.717) is 18.4 Å². The van der Waals surface area contributed by atoms with Gasteiger partial charge in [0.05, 0.1) is 13.2 Å². The van der Waals surface area contributed by atoms with E-state index in [2.05, 4.69) is 16.0 Å². The zero-order valence-corrected chi connectivity index (χ0v) is 18.4. The highest BCUT2D eigenvalue weighted by Gasteiger charge is 2.33. The molecule has 0 bridgehead atoms. The van der Waals surface area contributed by atoms with Gasteiger partial charge in [-0.3, -0.25) is 14.9 Å². The minimum absolute atomic E-state index is 0.0536. The number of nitrogens with one attached hydrogen (secondary N) is 3. The number of aliphatic carboxylic acids is 1. The van der Waals surface area contributed by atoms with E-state index in [1.807, 2.05) is 0 Å². The summed E-state index contributed by atoms with van der Waals surface area (Å²) in [7, 11) is 0. The molecule has 1 rings (SSSR count). The second-order valence-corrected chi connectivity index (χ2v) is 7.62. The smallest absolute Gasteiger partial charge is 0.326 e. The molecule has 0 spiro atoms. The Morgan fingerprint density at radius 3 is 2.12 bits per heavy atom. The van der Waals surface area contributed by atoms with Gasteiger partial charge < -0.3 is 46.4 Å². The average Bonchev–Trinajstić information content (AvgIpc) is 2.84. The molecular formula is C21H33N3O10. The number of carboxylic acid groups (broad SMARTS) is 1. The topological polar surface area (TPSA) is 229 Å². The standard InChI is InChI=1S/C21H33N3O10/c25-11-14(26)16(28)17(29)18(30)20(32)22-9-5-4-8-13(21(33)34)24-15(27)10-23-19(31)12-6-2-1-3-7-12/h1-3,6-7,13-14,16-18,20,22,25-26,28-30,32H,4-5,8-11H2,(H,23,31)(H,24,27)(H,33,34)/t13-,14+,16+,17-,18+,20?/m1/s1. The third-order valence-electron chi connectivity index (χ3n) is 4.96. The predicted molar refractivity (Wildman–Crippen MR) is 117 cm³/mol. The Morgan fingerprint density at radius 1 is 0.882 bits per heavy atom. The van der Waals surface area contributed by atoms with Crippen LogP contribution in [0.2, 0.25) is 0 Å². The second-order valence-electron chi connectivity index (χ2n) is 7.62. The molecule has 0 aliphatic rings. The fourth-order valence-electron chi connectivity index (χ4n) is 2.92. The lowest BCUT2D eigenvalue weighted by molar-refractivity contribution is -0.145. The van der Waals surface area contributed by atoms with Gasteiger partial charge in [-0.25, -0.2) is 4.79 Å². The first-order valence-electron chi connectivity index (χ1n) is 10.7. The largest absolute Gasteiger partial charge is 0.480 e. The Morgan fingerprint density at radius 2 is 1.53 bits per heavy atom. The number of rotatable bonds is 16. The van der Waals surface area contributed by atoms with Crippen molar-refractivity contribution in [2.75, 3.05) is 19.7 Å². The van der Waals surface area contributed by atoms with Crippen molar-refractivity contribution in [3.8, 4) is 0 Å². The number of carbonyl (C=O) groups excluding carboxylic acids is 2. The van der Waals surface area contributed by atoms with Crippen LogP contribution in [0.3, 0.4) is 0 Å². The average molecular weight is 488 g/mol. The summed E-state index contributed by atoms with van der Waals surface area (Å²) in [5.74, 6) is -2.41. The van der Waals surface area contributed by atoms with E-state index in [1.54, 1.807) is 30.3 Å². The fraction of sp³-hybridized carbons (Fsp3) is 0.571. The first kappa shape index (κ1) is 29.4. The third-order valence-corrected chi connectivity index (χ3v) is 4.96. The van der Waals surface area contributed by atoms with Crippen LogP contribution in [0.25, 0.3) is 0 Å². The molecule has 192 valence electrons. The van der Waals surface area contributed by atoms with Crippen LogP contribution in [0.1, 0.15) is 29.6 Å². The van der Waals surface area contributed by atoms with Crippen molar-refractivity contribution in [1.82, 2.24) is 16.0 Å². The number of hydrogen-bond donors (Lipinski definition) is 10. The van der Waals surface area contributed by atoms with E-state index in [0.717, 1.165) is 0 Å². The molecule has 6 atom stereocenters. The minimum atomic E-state index is -1.93. The molecule has 0 saturated carbocycles. The summed E-state index contributed by atoms with van der Waals surface area (Å²) in [6.45, 7) is -1.16. The molecule has 10 N–H and O–H groups in total. The molecule has 34 heavy (non-hydrogen) atoms. The SMILES string of the molecule is O=C(CNC(=O)c1ccccc1)N[C@H](CCCCNC(O)[C@@H](O)[C@H](O)[C@@H](O)[C@@H](O)CO)C(=O)O. The zero-order chi connectivity index (χ0) is 25.7. The fourth-order valence-corrected chi connectivity index (χ4v) is 2.92. The van der Waals surface area contributed by atoms with Crippen LogP contribution in [0.15, 0.2) is 30.3 Å². The maximum atomic E-state index is 12.0. The Balaban J connectivity index is 2.34. The lowest BCUT2D eigenvalue weighted by atomic mass is 10.0. The number of carboxylic acids is 1. The summed E-state index contributed by atoms with van der Waals surface area (Å²) in [5.41, 5.74) is 0.358. The van der Waals surface area contributed by atoms with Gasteiger partial charge in [0, 0.05) is 5.56 Å². The molecule has 13 heteroatoms. The third kappa shape index (κ3) is 10.1. The van der Waals surface area contributed by atoms with Gasteiger partial charge in [0.1, 0.15) is 36.7 Å². The molecule has 13 nitrogen and oxygen atoms in total. The Bertz CT molecular complexity index is 766.